The van der Waals surface area contributed by atoms with Gasteiger partial charge in [-0.05, 0) is 18.6 Å². The van der Waals surface area contributed by atoms with Crippen LogP contribution in [-0.2, 0) is 22.5 Å². The SMILES string of the molecule is COC(=O)Cc1c(C)n(CCO)c2cc(F)c(OC)cc12. The van der Waals surface area contributed by atoms with Gasteiger partial charge < -0.3 is 19.1 Å². The molecule has 6 heteroatoms. The Labute approximate surface area is 121 Å². The molecule has 114 valence electrons. The first-order chi connectivity index (χ1) is 10.0. The van der Waals surface area contributed by atoms with Crippen molar-refractivity contribution in [2.45, 2.75) is 19.9 Å². The molecule has 0 aliphatic carbocycles. The highest BCUT2D eigenvalue weighted by Crippen LogP contribution is 2.32. The molecule has 0 aliphatic rings. The summed E-state index contributed by atoms with van der Waals surface area (Å²) in [4.78, 5) is 11.6. The minimum absolute atomic E-state index is 0.0735. The molecule has 2 aromatic rings. The fraction of sp³-hybridized carbons (Fsp3) is 0.400. The molecule has 0 amide bonds. The molecule has 5 nitrogen and oxygen atoms in total. The van der Waals surface area contributed by atoms with E-state index in [2.05, 4.69) is 0 Å². The zero-order chi connectivity index (χ0) is 15.6. The largest absolute Gasteiger partial charge is 0.494 e. The van der Waals surface area contributed by atoms with Gasteiger partial charge in [-0.25, -0.2) is 4.39 Å². The molecule has 0 aliphatic heterocycles. The second kappa shape index (κ2) is 6.13. The molecule has 0 saturated carbocycles. The number of aliphatic hydroxyl groups is 1. The van der Waals surface area contributed by atoms with Crippen LogP contribution < -0.4 is 4.74 Å². The molecule has 1 N–H and O–H groups in total. The maximum absolute atomic E-state index is 13.9. The van der Waals surface area contributed by atoms with Crippen molar-refractivity contribution in [1.82, 2.24) is 4.57 Å². The Kier molecular flexibility index (Phi) is 4.47. The Bertz CT molecular complexity index is 678. The van der Waals surface area contributed by atoms with Gasteiger partial charge in [0.25, 0.3) is 0 Å². The van der Waals surface area contributed by atoms with Crippen LogP contribution in [0.15, 0.2) is 12.1 Å². The number of halogens is 1. The van der Waals surface area contributed by atoms with E-state index in [1.165, 1.54) is 20.3 Å². The quantitative estimate of drug-likeness (QED) is 0.855. The van der Waals surface area contributed by atoms with Gasteiger partial charge in [0.2, 0.25) is 0 Å². The molecule has 0 unspecified atom stereocenters. The summed E-state index contributed by atoms with van der Waals surface area (Å²) in [5, 5.41) is 9.91. The third kappa shape index (κ3) is 2.71. The maximum Gasteiger partial charge on any atom is 0.310 e. The van der Waals surface area contributed by atoms with Gasteiger partial charge in [0.15, 0.2) is 11.6 Å². The molecule has 0 bridgehead atoms. The van der Waals surface area contributed by atoms with Gasteiger partial charge in [-0.15, -0.1) is 0 Å². The maximum atomic E-state index is 13.9. The summed E-state index contributed by atoms with van der Waals surface area (Å²) in [6, 6.07) is 2.93. The molecule has 21 heavy (non-hydrogen) atoms. The number of carbonyl (C=O) groups excluding carboxylic acids is 1. The Hall–Kier alpha value is -2.08. The molecule has 0 radical (unpaired) electrons. The Balaban J connectivity index is 2.70. The second-order valence-electron chi connectivity index (χ2n) is 4.70. The lowest BCUT2D eigenvalue weighted by atomic mass is 10.1. The minimum Gasteiger partial charge on any atom is -0.494 e. The highest BCUT2D eigenvalue weighted by atomic mass is 19.1. The van der Waals surface area contributed by atoms with Crippen molar-refractivity contribution in [3.8, 4) is 5.75 Å². The van der Waals surface area contributed by atoms with E-state index in [-0.39, 0.29) is 24.7 Å². The van der Waals surface area contributed by atoms with Crippen LogP contribution in [0.25, 0.3) is 10.9 Å². The van der Waals surface area contributed by atoms with E-state index < -0.39 is 5.82 Å². The predicted molar refractivity (Wildman–Crippen MR) is 76.0 cm³/mol. The molecule has 0 saturated heterocycles. The first-order valence-corrected chi connectivity index (χ1v) is 6.56. The van der Waals surface area contributed by atoms with Crippen LogP contribution in [0.2, 0.25) is 0 Å². The number of esters is 1. The summed E-state index contributed by atoms with van der Waals surface area (Å²) < 4.78 is 25.4. The van der Waals surface area contributed by atoms with Gasteiger partial charge in [0.1, 0.15) is 0 Å². The highest BCUT2D eigenvalue weighted by molar-refractivity contribution is 5.90. The average Bonchev–Trinajstić information content (AvgIpc) is 2.71. The Morgan fingerprint density at radius 1 is 1.38 bits per heavy atom. The number of rotatable bonds is 5. The minimum atomic E-state index is -0.480. The summed E-state index contributed by atoms with van der Waals surface area (Å²) in [5.41, 5.74) is 2.18. The monoisotopic (exact) mass is 295 g/mol. The molecule has 1 aromatic carbocycles. The number of aliphatic hydroxyl groups excluding tert-OH is 1. The zero-order valence-electron chi connectivity index (χ0n) is 12.3. The molecule has 1 heterocycles. The van der Waals surface area contributed by atoms with Crippen molar-refractivity contribution in [2.24, 2.45) is 0 Å². The lowest BCUT2D eigenvalue weighted by Gasteiger charge is -2.07. The molecule has 2 rings (SSSR count). The van der Waals surface area contributed by atoms with Crippen LogP contribution in [0, 0.1) is 12.7 Å². The number of carbonyl (C=O) groups is 1. The van der Waals surface area contributed by atoms with Gasteiger partial charge >= 0.3 is 5.97 Å². The number of aromatic nitrogens is 1. The van der Waals surface area contributed by atoms with Crippen molar-refractivity contribution in [2.75, 3.05) is 20.8 Å². The number of nitrogens with zero attached hydrogens (tertiary/aromatic N) is 1. The number of fused-ring (bicyclic) bond motifs is 1. The van der Waals surface area contributed by atoms with Gasteiger partial charge in [-0.3, -0.25) is 4.79 Å². The van der Waals surface area contributed by atoms with Crippen LogP contribution in [-0.4, -0.2) is 36.5 Å². The van der Waals surface area contributed by atoms with Gasteiger partial charge in [0.05, 0.1) is 32.8 Å². The number of methoxy groups -OCH3 is 2. The van der Waals surface area contributed by atoms with E-state index in [0.29, 0.717) is 12.1 Å². The fourth-order valence-corrected chi connectivity index (χ4v) is 2.53. The van der Waals surface area contributed by atoms with Crippen molar-refractivity contribution < 1.29 is 23.8 Å². The summed E-state index contributed by atoms with van der Waals surface area (Å²) >= 11 is 0. The Morgan fingerprint density at radius 2 is 2.10 bits per heavy atom. The van der Waals surface area contributed by atoms with Crippen molar-refractivity contribution >= 4 is 16.9 Å². The summed E-state index contributed by atoms with van der Waals surface area (Å²) in [6.07, 6.45) is 0.0893. The van der Waals surface area contributed by atoms with E-state index in [9.17, 15) is 14.3 Å². The van der Waals surface area contributed by atoms with Gasteiger partial charge in [-0.2, -0.15) is 0 Å². The second-order valence-corrected chi connectivity index (χ2v) is 4.70. The lowest BCUT2D eigenvalue weighted by Crippen LogP contribution is -2.07. The van der Waals surface area contributed by atoms with Crippen LogP contribution in [0.1, 0.15) is 11.3 Å². The van der Waals surface area contributed by atoms with E-state index in [4.69, 9.17) is 9.47 Å². The van der Waals surface area contributed by atoms with E-state index in [0.717, 1.165) is 16.6 Å². The molecular formula is C15H18FNO4. The third-order valence-corrected chi connectivity index (χ3v) is 3.60. The predicted octanol–water partition coefficient (Wildman–Crippen LogP) is 1.81. The number of benzene rings is 1. The van der Waals surface area contributed by atoms with Crippen molar-refractivity contribution in [1.29, 1.82) is 0 Å². The van der Waals surface area contributed by atoms with E-state index >= 15 is 0 Å². The lowest BCUT2D eigenvalue weighted by molar-refractivity contribution is -0.139. The third-order valence-electron chi connectivity index (χ3n) is 3.60. The van der Waals surface area contributed by atoms with Crippen LogP contribution in [0.4, 0.5) is 4.39 Å². The fourth-order valence-electron chi connectivity index (χ4n) is 2.53. The van der Waals surface area contributed by atoms with Crippen molar-refractivity contribution in [3.05, 3.63) is 29.2 Å². The molecule has 0 atom stereocenters. The van der Waals surface area contributed by atoms with E-state index in [1.54, 1.807) is 10.6 Å². The normalized spacial score (nSPS) is 10.9. The van der Waals surface area contributed by atoms with Gasteiger partial charge in [-0.1, -0.05) is 0 Å². The number of hydrogen-bond donors (Lipinski definition) is 1. The smallest absolute Gasteiger partial charge is 0.310 e. The van der Waals surface area contributed by atoms with Crippen molar-refractivity contribution in [3.63, 3.8) is 0 Å². The first-order valence-electron chi connectivity index (χ1n) is 6.56. The first kappa shape index (κ1) is 15.3. The van der Waals surface area contributed by atoms with Crippen LogP contribution >= 0.6 is 0 Å². The van der Waals surface area contributed by atoms with Gasteiger partial charge in [0, 0.05) is 23.7 Å². The van der Waals surface area contributed by atoms with Crippen LogP contribution in [0.5, 0.6) is 5.75 Å². The Morgan fingerprint density at radius 3 is 2.67 bits per heavy atom. The zero-order valence-corrected chi connectivity index (χ0v) is 12.3. The molecule has 1 aromatic heterocycles. The summed E-state index contributed by atoms with van der Waals surface area (Å²) in [5.74, 6) is -0.731. The molecular weight excluding hydrogens is 277 g/mol. The molecule has 0 fully saturated rings. The standard InChI is InChI=1S/C15H18FNO4/c1-9-10(7-15(19)21-3)11-6-14(20-2)12(16)8-13(11)17(9)4-5-18/h6,8,18H,4-5,7H2,1-3H3. The average molecular weight is 295 g/mol. The number of hydrogen-bond acceptors (Lipinski definition) is 4. The molecule has 0 spiro atoms. The highest BCUT2D eigenvalue weighted by Gasteiger charge is 2.19. The summed E-state index contributed by atoms with van der Waals surface area (Å²) in [6.45, 7) is 2.09. The summed E-state index contributed by atoms with van der Waals surface area (Å²) in [7, 11) is 2.71. The number of ether oxygens (including phenoxy) is 2. The van der Waals surface area contributed by atoms with E-state index in [1.807, 2.05) is 6.92 Å². The van der Waals surface area contributed by atoms with Crippen LogP contribution in [0.3, 0.4) is 0 Å². The topological polar surface area (TPSA) is 60.7 Å².